The van der Waals surface area contributed by atoms with Gasteiger partial charge in [-0.15, -0.1) is 0 Å². The summed E-state index contributed by atoms with van der Waals surface area (Å²) in [6, 6.07) is 0. The first-order valence-corrected chi connectivity index (χ1v) is 7.44. The maximum Gasteiger partial charge on any atom is 0.279 e. The molecule has 0 unspecified atom stereocenters. The molecular weight excluding hydrogens is 272 g/mol. The lowest BCUT2D eigenvalue weighted by atomic mass is 10.5. The van der Waals surface area contributed by atoms with E-state index in [1.165, 1.54) is 10.6 Å². The van der Waals surface area contributed by atoms with Gasteiger partial charge in [0, 0.05) is 33.2 Å². The molecule has 1 aliphatic rings. The van der Waals surface area contributed by atoms with Crippen LogP contribution in [0.4, 0.5) is 5.95 Å². The second-order valence-electron chi connectivity index (χ2n) is 4.04. The van der Waals surface area contributed by atoms with Crippen molar-refractivity contribution in [2.45, 2.75) is 0 Å². The molecule has 2 heterocycles. The third-order valence-corrected chi connectivity index (χ3v) is 4.33. The second kappa shape index (κ2) is 6.28. The highest BCUT2D eigenvalue weighted by atomic mass is 32.2. The van der Waals surface area contributed by atoms with E-state index in [-0.39, 0.29) is 6.54 Å². The molecule has 0 amide bonds. The highest BCUT2D eigenvalue weighted by Crippen LogP contribution is 2.02. The minimum atomic E-state index is -3.41. The van der Waals surface area contributed by atoms with Gasteiger partial charge in [0.2, 0.25) is 5.95 Å². The summed E-state index contributed by atoms with van der Waals surface area (Å²) in [5.41, 5.74) is 0. The summed E-state index contributed by atoms with van der Waals surface area (Å²) in [6.45, 7) is 2.40. The molecule has 1 aromatic heterocycles. The summed E-state index contributed by atoms with van der Waals surface area (Å²) in [5, 5.41) is 6.89. The van der Waals surface area contributed by atoms with E-state index in [0.29, 0.717) is 38.8 Å². The zero-order chi connectivity index (χ0) is 13.7. The van der Waals surface area contributed by atoms with Gasteiger partial charge in [0.25, 0.3) is 10.2 Å². The molecule has 1 aliphatic heterocycles. The fourth-order valence-electron chi connectivity index (χ4n) is 1.69. The van der Waals surface area contributed by atoms with E-state index < -0.39 is 10.2 Å². The molecular formula is C9H18N6O3S. The monoisotopic (exact) mass is 290 g/mol. The van der Waals surface area contributed by atoms with Crippen LogP contribution in [0.15, 0.2) is 6.33 Å². The highest BCUT2D eigenvalue weighted by Gasteiger charge is 2.23. The van der Waals surface area contributed by atoms with Gasteiger partial charge in [-0.2, -0.15) is 22.8 Å². The van der Waals surface area contributed by atoms with Gasteiger partial charge in [0.15, 0.2) is 0 Å². The summed E-state index contributed by atoms with van der Waals surface area (Å²) in [5.74, 6) is 0.602. The molecule has 0 radical (unpaired) electrons. The zero-order valence-electron chi connectivity index (χ0n) is 10.7. The Morgan fingerprint density at radius 1 is 1.37 bits per heavy atom. The molecule has 2 N–H and O–H groups in total. The van der Waals surface area contributed by atoms with Crippen molar-refractivity contribution in [1.82, 2.24) is 23.8 Å². The molecule has 0 atom stereocenters. The number of anilines is 1. The van der Waals surface area contributed by atoms with Crippen LogP contribution in [0.1, 0.15) is 0 Å². The van der Waals surface area contributed by atoms with Crippen LogP contribution in [-0.2, 0) is 22.0 Å². The van der Waals surface area contributed by atoms with Crippen molar-refractivity contribution >= 4 is 16.2 Å². The fraction of sp³-hybridized carbons (Fsp3) is 0.778. The number of rotatable bonds is 6. The average Bonchev–Trinajstić information content (AvgIpc) is 2.81. The largest absolute Gasteiger partial charge is 0.379 e. The number of hydrogen-bond donors (Lipinski definition) is 2. The zero-order valence-corrected chi connectivity index (χ0v) is 11.6. The number of nitrogens with one attached hydrogen (secondary N) is 2. The molecule has 2 rings (SSSR count). The molecule has 108 valence electrons. The van der Waals surface area contributed by atoms with Crippen LogP contribution in [-0.4, -0.2) is 66.9 Å². The van der Waals surface area contributed by atoms with E-state index in [1.807, 2.05) is 0 Å². The van der Waals surface area contributed by atoms with Crippen LogP contribution in [0.3, 0.4) is 0 Å². The molecule has 1 aromatic rings. The lowest BCUT2D eigenvalue weighted by molar-refractivity contribution is 0.0725. The van der Waals surface area contributed by atoms with Gasteiger partial charge in [-0.3, -0.25) is 0 Å². The average molecular weight is 290 g/mol. The van der Waals surface area contributed by atoms with Crippen molar-refractivity contribution in [1.29, 1.82) is 0 Å². The Balaban J connectivity index is 1.74. The number of nitrogens with zero attached hydrogens (tertiary/aromatic N) is 4. The van der Waals surface area contributed by atoms with Crippen molar-refractivity contribution in [3.8, 4) is 0 Å². The van der Waals surface area contributed by atoms with Gasteiger partial charge in [0.05, 0.1) is 13.2 Å². The number of aromatic nitrogens is 3. The van der Waals surface area contributed by atoms with Crippen LogP contribution in [0.25, 0.3) is 0 Å². The van der Waals surface area contributed by atoms with Crippen LogP contribution >= 0.6 is 0 Å². The van der Waals surface area contributed by atoms with Crippen molar-refractivity contribution in [2.24, 2.45) is 7.05 Å². The van der Waals surface area contributed by atoms with Gasteiger partial charge in [-0.05, 0) is 0 Å². The van der Waals surface area contributed by atoms with Gasteiger partial charge >= 0.3 is 0 Å². The summed E-state index contributed by atoms with van der Waals surface area (Å²) in [7, 11) is -1.66. The van der Waals surface area contributed by atoms with Crippen molar-refractivity contribution < 1.29 is 13.2 Å². The maximum absolute atomic E-state index is 11.9. The van der Waals surface area contributed by atoms with E-state index in [0.717, 1.165) is 0 Å². The Labute approximate surface area is 112 Å². The number of aryl methyl sites for hydroxylation is 1. The molecule has 0 spiro atoms. The maximum atomic E-state index is 11.9. The first-order valence-electron chi connectivity index (χ1n) is 6.00. The van der Waals surface area contributed by atoms with Gasteiger partial charge in [-0.1, -0.05) is 0 Å². The minimum absolute atomic E-state index is 0.284. The Morgan fingerprint density at radius 3 is 2.74 bits per heavy atom. The fourth-order valence-corrected chi connectivity index (χ4v) is 2.86. The summed E-state index contributed by atoms with van der Waals surface area (Å²) >= 11 is 0. The van der Waals surface area contributed by atoms with E-state index in [4.69, 9.17) is 4.74 Å². The van der Waals surface area contributed by atoms with Crippen LogP contribution in [0.2, 0.25) is 0 Å². The van der Waals surface area contributed by atoms with Crippen molar-refractivity contribution in [2.75, 3.05) is 44.7 Å². The molecule has 9 nitrogen and oxygen atoms in total. The topological polar surface area (TPSA) is 101 Å². The third kappa shape index (κ3) is 3.86. The Kier molecular flexibility index (Phi) is 4.69. The van der Waals surface area contributed by atoms with E-state index >= 15 is 0 Å². The van der Waals surface area contributed by atoms with E-state index in [2.05, 4.69) is 20.1 Å². The summed E-state index contributed by atoms with van der Waals surface area (Å²) in [6.07, 6.45) is 1.43. The van der Waals surface area contributed by atoms with Gasteiger partial charge < -0.3 is 10.1 Å². The molecule has 0 bridgehead atoms. The smallest absolute Gasteiger partial charge is 0.279 e. The molecule has 0 aliphatic carbocycles. The highest BCUT2D eigenvalue weighted by molar-refractivity contribution is 7.87. The number of ether oxygens (including phenoxy) is 1. The predicted molar refractivity (Wildman–Crippen MR) is 68.8 cm³/mol. The Hall–Kier alpha value is -1.23. The predicted octanol–water partition coefficient (Wildman–Crippen LogP) is -1.61. The Morgan fingerprint density at radius 2 is 2.11 bits per heavy atom. The standard InChI is InChI=1S/C9H18N6O3S/c1-14-9(11-8-12-14)10-2-3-13-19(16,17)15-4-6-18-7-5-15/h8,13H,2-7H2,1H3,(H,10,11,12). The molecule has 0 saturated carbocycles. The molecule has 10 heteroatoms. The molecule has 1 fully saturated rings. The normalized spacial score (nSPS) is 17.5. The molecule has 19 heavy (non-hydrogen) atoms. The molecule has 1 saturated heterocycles. The van der Waals surface area contributed by atoms with E-state index in [1.54, 1.807) is 11.7 Å². The van der Waals surface area contributed by atoms with Crippen LogP contribution in [0.5, 0.6) is 0 Å². The summed E-state index contributed by atoms with van der Waals surface area (Å²) in [4.78, 5) is 3.98. The quantitative estimate of drug-likeness (QED) is 0.612. The van der Waals surface area contributed by atoms with Gasteiger partial charge in [-0.25, -0.2) is 9.40 Å². The van der Waals surface area contributed by atoms with Crippen LogP contribution in [0, 0.1) is 0 Å². The Bertz CT molecular complexity index is 496. The first-order chi connectivity index (χ1) is 9.09. The minimum Gasteiger partial charge on any atom is -0.379 e. The third-order valence-electron chi connectivity index (χ3n) is 2.71. The lowest BCUT2D eigenvalue weighted by Crippen LogP contribution is -2.47. The summed E-state index contributed by atoms with van der Waals surface area (Å²) < 4.78 is 34.4. The van der Waals surface area contributed by atoms with Crippen molar-refractivity contribution in [3.63, 3.8) is 0 Å². The van der Waals surface area contributed by atoms with E-state index in [9.17, 15) is 8.42 Å². The van der Waals surface area contributed by atoms with Crippen molar-refractivity contribution in [3.05, 3.63) is 6.33 Å². The first kappa shape index (κ1) is 14.2. The lowest BCUT2D eigenvalue weighted by Gasteiger charge is -2.26. The second-order valence-corrected chi connectivity index (χ2v) is 5.80. The number of hydrogen-bond acceptors (Lipinski definition) is 6. The van der Waals surface area contributed by atoms with Gasteiger partial charge in [0.1, 0.15) is 6.33 Å². The van der Waals surface area contributed by atoms with Crippen LogP contribution < -0.4 is 10.0 Å². The SMILES string of the molecule is Cn1ncnc1NCCNS(=O)(=O)N1CCOCC1. The molecule has 0 aromatic carbocycles. The number of morpholine rings is 1.